The van der Waals surface area contributed by atoms with E-state index in [1.54, 1.807) is 24.3 Å². The van der Waals surface area contributed by atoms with Gasteiger partial charge in [0.25, 0.3) is 0 Å². The highest BCUT2D eigenvalue weighted by atomic mass is 16.6. The average molecular weight is 607 g/mol. The largest absolute Gasteiger partial charge is 0.508 e. The van der Waals surface area contributed by atoms with Crippen LogP contribution in [0.5, 0.6) is 11.5 Å². The van der Waals surface area contributed by atoms with Gasteiger partial charge in [0.15, 0.2) is 0 Å². The number of likely N-dealkylation sites (N-methyl/N-ethyl adjacent to an activating group) is 2. The number of hydrogen-bond donors (Lipinski definition) is 2. The first kappa shape index (κ1) is 33.5. The summed E-state index contributed by atoms with van der Waals surface area (Å²) >= 11 is 0. The van der Waals surface area contributed by atoms with Gasteiger partial charge in [-0.15, -0.1) is 0 Å². The molecule has 2 unspecified atom stereocenters. The van der Waals surface area contributed by atoms with Crippen LogP contribution in [0, 0.1) is 0 Å². The van der Waals surface area contributed by atoms with E-state index < -0.39 is 23.1 Å². The van der Waals surface area contributed by atoms with Crippen molar-refractivity contribution in [1.82, 2.24) is 9.80 Å². The van der Waals surface area contributed by atoms with Gasteiger partial charge in [0, 0.05) is 37.1 Å². The van der Waals surface area contributed by atoms with Crippen molar-refractivity contribution in [3.63, 3.8) is 0 Å². The third kappa shape index (κ3) is 8.63. The Balaban J connectivity index is 1.55. The first-order chi connectivity index (χ1) is 21.0. The maximum Gasteiger partial charge on any atom is 0.331 e. The zero-order chi connectivity index (χ0) is 31.7. The van der Waals surface area contributed by atoms with E-state index in [0.29, 0.717) is 13.1 Å². The van der Waals surface area contributed by atoms with E-state index in [2.05, 4.69) is 9.80 Å². The number of carbonyl (C=O) groups excluding carboxylic acids is 2. The molecule has 0 spiro atoms. The number of benzene rings is 2. The average Bonchev–Trinajstić information content (AvgIpc) is 2.99. The van der Waals surface area contributed by atoms with Gasteiger partial charge in [-0.1, -0.05) is 37.1 Å². The Morgan fingerprint density at radius 2 is 0.955 bits per heavy atom. The molecule has 2 aromatic rings. The van der Waals surface area contributed by atoms with Crippen LogP contribution in [0.3, 0.4) is 0 Å². The predicted octanol–water partition coefficient (Wildman–Crippen LogP) is 6.14. The summed E-state index contributed by atoms with van der Waals surface area (Å²) in [5.41, 5.74) is 0.584. The van der Waals surface area contributed by atoms with Gasteiger partial charge in [-0.25, -0.2) is 9.59 Å². The molecular formula is C36H50N2O6. The van der Waals surface area contributed by atoms with E-state index in [0.717, 1.165) is 75.3 Å². The summed E-state index contributed by atoms with van der Waals surface area (Å²) < 4.78 is 12.6. The molecule has 8 nitrogen and oxygen atoms in total. The summed E-state index contributed by atoms with van der Waals surface area (Å²) in [6.45, 7) is 1.35. The van der Waals surface area contributed by atoms with E-state index in [1.807, 2.05) is 52.5 Å². The minimum Gasteiger partial charge on any atom is -0.508 e. The number of aromatic hydroxyl groups is 2. The molecule has 2 fully saturated rings. The molecule has 0 saturated heterocycles. The highest BCUT2D eigenvalue weighted by molar-refractivity contribution is 5.92. The Morgan fingerprint density at radius 1 is 0.636 bits per heavy atom. The van der Waals surface area contributed by atoms with E-state index in [-0.39, 0.29) is 23.3 Å². The Labute approximate surface area is 262 Å². The lowest BCUT2D eigenvalue weighted by molar-refractivity contribution is -0.164. The van der Waals surface area contributed by atoms with Crippen LogP contribution in [0.1, 0.15) is 87.2 Å². The number of ether oxygens (including phenoxy) is 2. The maximum absolute atomic E-state index is 13.4. The molecule has 2 aliphatic rings. The highest BCUT2D eigenvalue weighted by Gasteiger charge is 2.45. The topological polar surface area (TPSA) is 99.5 Å². The van der Waals surface area contributed by atoms with Crippen LogP contribution in [-0.4, -0.2) is 84.4 Å². The fourth-order valence-electron chi connectivity index (χ4n) is 7.24. The summed E-state index contributed by atoms with van der Waals surface area (Å²) in [5, 5.41) is 19.8. The van der Waals surface area contributed by atoms with Crippen molar-refractivity contribution in [1.29, 1.82) is 0 Å². The number of nitrogens with zero attached hydrogens (tertiary/aromatic N) is 2. The molecule has 2 aromatic carbocycles. The van der Waals surface area contributed by atoms with Gasteiger partial charge < -0.3 is 29.5 Å². The van der Waals surface area contributed by atoms with Crippen molar-refractivity contribution in [3.8, 4) is 11.5 Å². The Hall–Kier alpha value is -3.36. The van der Waals surface area contributed by atoms with Crippen molar-refractivity contribution in [2.45, 2.75) is 87.2 Å². The van der Waals surface area contributed by atoms with Crippen LogP contribution in [0.2, 0.25) is 0 Å². The van der Waals surface area contributed by atoms with Crippen LogP contribution in [-0.2, 0) is 19.1 Å². The van der Waals surface area contributed by atoms with Gasteiger partial charge in [-0.2, -0.15) is 0 Å². The van der Waals surface area contributed by atoms with Crippen molar-refractivity contribution in [2.24, 2.45) is 0 Å². The van der Waals surface area contributed by atoms with E-state index in [1.165, 1.54) is 12.2 Å². The predicted molar refractivity (Wildman–Crippen MR) is 172 cm³/mol. The molecule has 2 aliphatic carbocycles. The SMILES string of the molecule is CN(C)CC(c1ccc(O)cc1)C1(OC(=O)/C=C/C(=O)OC2(C(CN(C)C)c3ccc(O)cc3)CCCCC2)CCCCC1. The standard InChI is InChI=1S/C36H50N2O6/c1-37(2)25-31(27-11-15-29(39)16-12-27)35(21-7-5-8-22-35)43-33(41)19-20-34(42)44-36(23-9-6-10-24-36)32(26-38(3)4)28-13-17-30(40)18-14-28/h11-20,31-32,39-40H,5-10,21-26H2,1-4H3/b20-19+. The van der Waals surface area contributed by atoms with Crippen molar-refractivity contribution in [2.75, 3.05) is 41.3 Å². The first-order valence-corrected chi connectivity index (χ1v) is 16.0. The lowest BCUT2D eigenvalue weighted by atomic mass is 9.72. The summed E-state index contributed by atoms with van der Waals surface area (Å²) in [6.07, 6.45) is 11.4. The van der Waals surface area contributed by atoms with Gasteiger partial charge in [-0.05, 0) is 115 Å². The first-order valence-electron chi connectivity index (χ1n) is 16.0. The molecule has 0 aromatic heterocycles. The monoisotopic (exact) mass is 606 g/mol. The van der Waals surface area contributed by atoms with Crippen LogP contribution in [0.15, 0.2) is 60.7 Å². The second-order valence-electron chi connectivity index (χ2n) is 13.2. The van der Waals surface area contributed by atoms with Gasteiger partial charge in [-0.3, -0.25) is 0 Å². The van der Waals surface area contributed by atoms with E-state index >= 15 is 0 Å². The van der Waals surface area contributed by atoms with Crippen LogP contribution >= 0.6 is 0 Å². The third-order valence-corrected chi connectivity index (χ3v) is 9.32. The van der Waals surface area contributed by atoms with E-state index in [4.69, 9.17) is 9.47 Å². The number of rotatable bonds is 12. The third-order valence-electron chi connectivity index (χ3n) is 9.32. The van der Waals surface area contributed by atoms with Crippen LogP contribution in [0.4, 0.5) is 0 Å². The highest BCUT2D eigenvalue weighted by Crippen LogP contribution is 2.45. The summed E-state index contributed by atoms with van der Waals surface area (Å²) in [4.78, 5) is 31.0. The molecule has 4 rings (SSSR count). The summed E-state index contributed by atoms with van der Waals surface area (Å²) in [6, 6.07) is 14.3. The number of carbonyl (C=O) groups is 2. The molecule has 2 N–H and O–H groups in total. The zero-order valence-electron chi connectivity index (χ0n) is 26.8. The van der Waals surface area contributed by atoms with Gasteiger partial charge >= 0.3 is 11.9 Å². The normalized spacial score (nSPS) is 19.5. The smallest absolute Gasteiger partial charge is 0.331 e. The number of phenols is 2. The molecule has 240 valence electrons. The minimum absolute atomic E-state index is 0.0923. The minimum atomic E-state index is -0.717. The Morgan fingerprint density at radius 3 is 1.25 bits per heavy atom. The molecule has 0 aliphatic heterocycles. The molecule has 0 radical (unpaired) electrons. The summed E-state index contributed by atoms with van der Waals surface area (Å²) in [7, 11) is 8.02. The lowest BCUT2D eigenvalue weighted by Gasteiger charge is -2.44. The second-order valence-corrected chi connectivity index (χ2v) is 13.2. The lowest BCUT2D eigenvalue weighted by Crippen LogP contribution is -2.46. The fourth-order valence-corrected chi connectivity index (χ4v) is 7.24. The van der Waals surface area contributed by atoms with Crippen LogP contribution in [0.25, 0.3) is 0 Å². The van der Waals surface area contributed by atoms with Crippen molar-refractivity contribution in [3.05, 3.63) is 71.8 Å². The van der Waals surface area contributed by atoms with Gasteiger partial charge in [0.2, 0.25) is 0 Å². The molecule has 0 amide bonds. The van der Waals surface area contributed by atoms with Gasteiger partial charge in [0.1, 0.15) is 22.7 Å². The fraction of sp³-hybridized carbons (Fsp3) is 0.556. The quantitative estimate of drug-likeness (QED) is 0.220. The number of phenolic OH excluding ortho intramolecular Hbond substituents is 2. The molecule has 44 heavy (non-hydrogen) atoms. The van der Waals surface area contributed by atoms with E-state index in [9.17, 15) is 19.8 Å². The summed E-state index contributed by atoms with van der Waals surface area (Å²) in [5.74, 6) is -0.888. The molecule has 0 heterocycles. The van der Waals surface area contributed by atoms with Crippen molar-refractivity contribution >= 4 is 11.9 Å². The number of esters is 2. The van der Waals surface area contributed by atoms with Crippen molar-refractivity contribution < 1.29 is 29.3 Å². The van der Waals surface area contributed by atoms with Gasteiger partial charge in [0.05, 0.1) is 0 Å². The second kappa shape index (κ2) is 15.1. The Bertz CT molecular complexity index is 1140. The molecule has 2 saturated carbocycles. The number of hydrogen-bond acceptors (Lipinski definition) is 8. The maximum atomic E-state index is 13.4. The molecule has 2 atom stereocenters. The Kier molecular flexibility index (Phi) is 11.5. The molecule has 8 heteroatoms. The zero-order valence-corrected chi connectivity index (χ0v) is 26.8. The van der Waals surface area contributed by atoms with Crippen LogP contribution < -0.4 is 0 Å². The molecular weight excluding hydrogens is 556 g/mol. The molecule has 0 bridgehead atoms.